The highest BCUT2D eigenvalue weighted by atomic mass is 79.9. The van der Waals surface area contributed by atoms with E-state index >= 15 is 0 Å². The Kier molecular flexibility index (Phi) is 2.44. The summed E-state index contributed by atoms with van der Waals surface area (Å²) in [5, 5.41) is 0. The van der Waals surface area contributed by atoms with Crippen molar-refractivity contribution in [1.82, 2.24) is 9.97 Å². The lowest BCUT2D eigenvalue weighted by Crippen LogP contribution is -2.21. The predicted octanol–water partition coefficient (Wildman–Crippen LogP) is 1.79. The maximum absolute atomic E-state index is 12.9. The van der Waals surface area contributed by atoms with Crippen LogP contribution in [-0.2, 0) is 0 Å². The lowest BCUT2D eigenvalue weighted by molar-refractivity contribution is 0.364. The Balaban J connectivity index is 2.16. The average molecular weight is 246 g/mol. The van der Waals surface area contributed by atoms with E-state index in [-0.39, 0.29) is 0 Å². The van der Waals surface area contributed by atoms with Crippen LogP contribution in [0.25, 0.3) is 0 Å². The van der Waals surface area contributed by atoms with Gasteiger partial charge in [0.1, 0.15) is 16.6 Å². The Bertz CT molecular complexity index is 307. The average Bonchev–Trinajstić information content (AvgIpc) is 2.52. The molecular formula is C8H9BrFN3. The Morgan fingerprint density at radius 2 is 2.38 bits per heavy atom. The van der Waals surface area contributed by atoms with Crippen LogP contribution in [0.4, 0.5) is 10.2 Å². The summed E-state index contributed by atoms with van der Waals surface area (Å²) in [6.07, 6.45) is 3.14. The fraction of sp³-hybridized carbons (Fsp3) is 0.500. The fourth-order valence-corrected chi connectivity index (χ4v) is 1.71. The quantitative estimate of drug-likeness (QED) is 0.756. The van der Waals surface area contributed by atoms with Gasteiger partial charge in [-0.2, -0.15) is 0 Å². The molecule has 2 heterocycles. The first-order chi connectivity index (χ1) is 6.25. The highest BCUT2D eigenvalue weighted by Gasteiger charge is 2.22. The minimum absolute atomic E-state index is 0.436. The maximum Gasteiger partial charge on any atom is 0.148 e. The highest BCUT2D eigenvalue weighted by molar-refractivity contribution is 9.10. The number of alkyl halides is 1. The second kappa shape index (κ2) is 3.57. The van der Waals surface area contributed by atoms with Gasteiger partial charge >= 0.3 is 0 Å². The van der Waals surface area contributed by atoms with Crippen LogP contribution in [-0.4, -0.2) is 29.2 Å². The van der Waals surface area contributed by atoms with Gasteiger partial charge in [0.25, 0.3) is 0 Å². The second-order valence-corrected chi connectivity index (χ2v) is 3.84. The molecule has 1 aliphatic rings. The van der Waals surface area contributed by atoms with Gasteiger partial charge in [-0.1, -0.05) is 0 Å². The fourth-order valence-electron chi connectivity index (χ4n) is 1.41. The maximum atomic E-state index is 12.9. The molecule has 1 aromatic rings. The summed E-state index contributed by atoms with van der Waals surface area (Å²) >= 11 is 3.23. The Hall–Kier alpha value is -0.710. The molecule has 5 heteroatoms. The third-order valence-electron chi connectivity index (χ3n) is 2.05. The second-order valence-electron chi connectivity index (χ2n) is 3.03. The van der Waals surface area contributed by atoms with Crippen molar-refractivity contribution in [2.45, 2.75) is 12.6 Å². The summed E-state index contributed by atoms with van der Waals surface area (Å²) in [6, 6.07) is 0. The Morgan fingerprint density at radius 1 is 1.54 bits per heavy atom. The summed E-state index contributed by atoms with van der Waals surface area (Å²) < 4.78 is 13.5. The highest BCUT2D eigenvalue weighted by Crippen LogP contribution is 2.20. The van der Waals surface area contributed by atoms with Gasteiger partial charge in [-0.25, -0.2) is 9.37 Å². The van der Waals surface area contributed by atoms with Gasteiger partial charge in [0.15, 0.2) is 0 Å². The summed E-state index contributed by atoms with van der Waals surface area (Å²) in [6.45, 7) is 1.16. The minimum Gasteiger partial charge on any atom is -0.352 e. The van der Waals surface area contributed by atoms with Crippen LogP contribution in [0.15, 0.2) is 17.0 Å². The van der Waals surface area contributed by atoms with E-state index < -0.39 is 6.17 Å². The van der Waals surface area contributed by atoms with Crippen molar-refractivity contribution in [3.05, 3.63) is 17.0 Å². The van der Waals surface area contributed by atoms with E-state index in [0.29, 0.717) is 17.6 Å². The van der Waals surface area contributed by atoms with Gasteiger partial charge in [-0.15, -0.1) is 0 Å². The summed E-state index contributed by atoms with van der Waals surface area (Å²) in [5.41, 5.74) is 0. The van der Waals surface area contributed by atoms with Crippen LogP contribution in [0.3, 0.4) is 0 Å². The van der Waals surface area contributed by atoms with Crippen LogP contribution in [0, 0.1) is 0 Å². The largest absolute Gasteiger partial charge is 0.352 e. The van der Waals surface area contributed by atoms with Gasteiger partial charge in [0, 0.05) is 6.54 Å². The molecule has 0 N–H and O–H groups in total. The van der Waals surface area contributed by atoms with Crippen LogP contribution in [0.2, 0.25) is 0 Å². The number of aromatic nitrogens is 2. The normalized spacial score (nSPS) is 22.3. The zero-order chi connectivity index (χ0) is 9.26. The molecule has 70 valence electrons. The standard InChI is InChI=1S/C8H9BrFN3/c9-7-3-11-4-8(12-7)13-2-1-6(10)5-13/h3-4,6H,1-2,5H2. The molecule has 1 aromatic heterocycles. The van der Waals surface area contributed by atoms with Crippen molar-refractivity contribution in [1.29, 1.82) is 0 Å². The third kappa shape index (κ3) is 1.96. The van der Waals surface area contributed by atoms with Crippen molar-refractivity contribution >= 4 is 21.7 Å². The van der Waals surface area contributed by atoms with Gasteiger partial charge < -0.3 is 4.90 Å². The van der Waals surface area contributed by atoms with E-state index in [2.05, 4.69) is 25.9 Å². The lowest BCUT2D eigenvalue weighted by Gasteiger charge is -2.15. The number of rotatable bonds is 1. The first-order valence-electron chi connectivity index (χ1n) is 4.12. The number of halogens is 2. The van der Waals surface area contributed by atoms with E-state index in [4.69, 9.17) is 0 Å². The molecule has 0 spiro atoms. The molecule has 1 atom stereocenters. The number of hydrogen-bond acceptors (Lipinski definition) is 3. The molecule has 3 nitrogen and oxygen atoms in total. The smallest absolute Gasteiger partial charge is 0.148 e. The van der Waals surface area contributed by atoms with E-state index in [9.17, 15) is 4.39 Å². The first-order valence-corrected chi connectivity index (χ1v) is 4.91. The van der Waals surface area contributed by atoms with Crippen LogP contribution in [0.5, 0.6) is 0 Å². The molecule has 1 saturated heterocycles. The molecule has 1 fully saturated rings. The monoisotopic (exact) mass is 245 g/mol. The van der Waals surface area contributed by atoms with Crippen LogP contribution >= 0.6 is 15.9 Å². The zero-order valence-electron chi connectivity index (χ0n) is 6.95. The summed E-state index contributed by atoms with van der Waals surface area (Å²) in [7, 11) is 0. The molecule has 0 radical (unpaired) electrons. The van der Waals surface area contributed by atoms with Crippen LogP contribution < -0.4 is 4.90 Å². The summed E-state index contributed by atoms with van der Waals surface area (Å²) in [5.74, 6) is 0.745. The van der Waals surface area contributed by atoms with Gasteiger partial charge in [-0.05, 0) is 22.4 Å². The van der Waals surface area contributed by atoms with Crippen molar-refractivity contribution in [2.75, 3.05) is 18.0 Å². The van der Waals surface area contributed by atoms with Crippen LogP contribution in [0.1, 0.15) is 6.42 Å². The topological polar surface area (TPSA) is 29.0 Å². The predicted molar refractivity (Wildman–Crippen MR) is 51.5 cm³/mol. The van der Waals surface area contributed by atoms with Gasteiger partial charge in [0.05, 0.1) is 18.9 Å². The molecule has 1 aliphatic heterocycles. The van der Waals surface area contributed by atoms with E-state index in [1.807, 2.05) is 4.90 Å². The van der Waals surface area contributed by atoms with E-state index in [0.717, 1.165) is 12.4 Å². The molecule has 0 bridgehead atoms. The first kappa shape index (κ1) is 8.87. The van der Waals surface area contributed by atoms with Crippen molar-refractivity contribution in [3.63, 3.8) is 0 Å². The molecule has 13 heavy (non-hydrogen) atoms. The van der Waals surface area contributed by atoms with E-state index in [1.54, 1.807) is 12.4 Å². The van der Waals surface area contributed by atoms with Gasteiger partial charge in [-0.3, -0.25) is 4.98 Å². The number of nitrogens with zero attached hydrogens (tertiary/aromatic N) is 3. The van der Waals surface area contributed by atoms with Crippen molar-refractivity contribution in [2.24, 2.45) is 0 Å². The molecule has 0 amide bonds. The zero-order valence-corrected chi connectivity index (χ0v) is 8.54. The molecule has 2 rings (SSSR count). The van der Waals surface area contributed by atoms with E-state index in [1.165, 1.54) is 0 Å². The number of anilines is 1. The Labute approximate surface area is 84.1 Å². The Morgan fingerprint density at radius 3 is 3.00 bits per heavy atom. The lowest BCUT2D eigenvalue weighted by atomic mass is 10.3. The number of hydrogen-bond donors (Lipinski definition) is 0. The van der Waals surface area contributed by atoms with Gasteiger partial charge in [0.2, 0.25) is 0 Å². The molecule has 0 saturated carbocycles. The minimum atomic E-state index is -0.721. The molecule has 1 unspecified atom stereocenters. The van der Waals surface area contributed by atoms with Crippen molar-refractivity contribution < 1.29 is 4.39 Å². The SMILES string of the molecule is FC1CCN(c2cncc(Br)n2)C1. The molecular weight excluding hydrogens is 237 g/mol. The van der Waals surface area contributed by atoms with Crippen molar-refractivity contribution in [3.8, 4) is 0 Å². The summed E-state index contributed by atoms with van der Waals surface area (Å²) in [4.78, 5) is 10.1. The molecule has 0 aromatic carbocycles. The third-order valence-corrected chi connectivity index (χ3v) is 2.43. The molecule has 0 aliphatic carbocycles.